The summed E-state index contributed by atoms with van der Waals surface area (Å²) in [7, 11) is 0. The van der Waals surface area contributed by atoms with E-state index in [4.69, 9.17) is 17.3 Å². The fourth-order valence-electron chi connectivity index (χ4n) is 1.91. The molecule has 0 aromatic heterocycles. The lowest BCUT2D eigenvalue weighted by molar-refractivity contribution is 0.1000. The number of primary amides is 1. The van der Waals surface area contributed by atoms with Crippen LogP contribution < -0.4 is 11.1 Å². The van der Waals surface area contributed by atoms with Gasteiger partial charge >= 0.3 is 0 Å². The Morgan fingerprint density at radius 2 is 2.14 bits per heavy atom. The van der Waals surface area contributed by atoms with Crippen LogP contribution in [0.1, 0.15) is 21.5 Å². The third kappa shape index (κ3) is 3.25. The van der Waals surface area contributed by atoms with Gasteiger partial charge in [-0.05, 0) is 31.2 Å². The molecular weight excluding hydrogens is 295 g/mol. The highest BCUT2D eigenvalue weighted by Crippen LogP contribution is 2.27. The molecule has 6 heteroatoms. The highest BCUT2D eigenvalue weighted by atomic mass is 35.5. The first-order valence-electron chi connectivity index (χ1n) is 6.20. The molecule has 0 spiro atoms. The maximum atomic E-state index is 13.8. The van der Waals surface area contributed by atoms with Crippen molar-refractivity contribution in [1.29, 1.82) is 0 Å². The number of nitrogens with two attached hydrogens (primary N) is 1. The third-order valence-corrected chi connectivity index (χ3v) is 3.53. The predicted octanol–water partition coefficient (Wildman–Crippen LogP) is 3.20. The number of benzene rings is 2. The Hall–Kier alpha value is -2.27. The van der Waals surface area contributed by atoms with E-state index in [2.05, 4.69) is 5.32 Å². The minimum absolute atomic E-state index is 0.0409. The standard InChI is InChI=1S/C15H14ClFN2O2/c1-8-12(17)5-9(15(18)21)6-13(8)19-7-10-11(16)3-2-4-14(10)20/h2-6,19-20H,7H2,1H3,(H2,18,21). The van der Waals surface area contributed by atoms with E-state index in [-0.39, 0.29) is 17.9 Å². The summed E-state index contributed by atoms with van der Waals surface area (Å²) in [6, 6.07) is 7.34. The summed E-state index contributed by atoms with van der Waals surface area (Å²) >= 11 is 6.00. The second-order valence-electron chi connectivity index (χ2n) is 4.59. The normalized spacial score (nSPS) is 10.4. The van der Waals surface area contributed by atoms with E-state index in [1.807, 2.05) is 0 Å². The van der Waals surface area contributed by atoms with Crippen LogP contribution in [0.2, 0.25) is 5.02 Å². The topological polar surface area (TPSA) is 75.4 Å². The highest BCUT2D eigenvalue weighted by Gasteiger charge is 2.12. The van der Waals surface area contributed by atoms with Crippen LogP contribution in [0.3, 0.4) is 0 Å². The Morgan fingerprint density at radius 3 is 2.76 bits per heavy atom. The molecule has 0 fully saturated rings. The molecule has 4 nitrogen and oxygen atoms in total. The van der Waals surface area contributed by atoms with Crippen molar-refractivity contribution >= 4 is 23.2 Å². The molecular formula is C15H14ClFN2O2. The number of rotatable bonds is 4. The summed E-state index contributed by atoms with van der Waals surface area (Å²) in [6.45, 7) is 1.77. The smallest absolute Gasteiger partial charge is 0.248 e. The van der Waals surface area contributed by atoms with E-state index >= 15 is 0 Å². The molecule has 2 aromatic carbocycles. The zero-order chi connectivity index (χ0) is 15.6. The maximum absolute atomic E-state index is 13.8. The first kappa shape index (κ1) is 15.1. The minimum Gasteiger partial charge on any atom is -0.508 e. The summed E-state index contributed by atoms with van der Waals surface area (Å²) in [5.74, 6) is -1.20. The SMILES string of the molecule is Cc1c(F)cc(C(N)=O)cc1NCc1c(O)cccc1Cl. The van der Waals surface area contributed by atoms with E-state index in [0.717, 1.165) is 6.07 Å². The number of carbonyl (C=O) groups is 1. The van der Waals surface area contributed by atoms with Gasteiger partial charge in [-0.15, -0.1) is 0 Å². The van der Waals surface area contributed by atoms with Crippen molar-refractivity contribution in [1.82, 2.24) is 0 Å². The third-order valence-electron chi connectivity index (χ3n) is 3.18. The number of hydrogen-bond donors (Lipinski definition) is 3. The summed E-state index contributed by atoms with van der Waals surface area (Å²) in [6.07, 6.45) is 0. The molecule has 1 amide bonds. The molecule has 21 heavy (non-hydrogen) atoms. The molecule has 0 saturated heterocycles. The first-order valence-corrected chi connectivity index (χ1v) is 6.58. The van der Waals surface area contributed by atoms with Gasteiger partial charge in [-0.2, -0.15) is 0 Å². The largest absolute Gasteiger partial charge is 0.508 e. The van der Waals surface area contributed by atoms with Crippen molar-refractivity contribution in [2.75, 3.05) is 5.32 Å². The number of anilines is 1. The van der Waals surface area contributed by atoms with Gasteiger partial charge in [0.05, 0.1) is 0 Å². The predicted molar refractivity (Wildman–Crippen MR) is 80.1 cm³/mol. The lowest BCUT2D eigenvalue weighted by atomic mass is 10.1. The van der Waals surface area contributed by atoms with Crippen molar-refractivity contribution in [3.05, 3.63) is 57.9 Å². The Bertz CT molecular complexity index is 684. The molecule has 0 radical (unpaired) electrons. The molecule has 0 aliphatic rings. The van der Waals surface area contributed by atoms with Crippen molar-refractivity contribution in [3.63, 3.8) is 0 Å². The monoisotopic (exact) mass is 308 g/mol. The number of amides is 1. The van der Waals surface area contributed by atoms with Gasteiger partial charge < -0.3 is 16.2 Å². The van der Waals surface area contributed by atoms with Crippen molar-refractivity contribution < 1.29 is 14.3 Å². The zero-order valence-electron chi connectivity index (χ0n) is 11.3. The van der Waals surface area contributed by atoms with E-state index in [1.54, 1.807) is 19.1 Å². The number of phenolic OH excluding ortho intramolecular Hbond substituents is 1. The number of nitrogens with one attached hydrogen (secondary N) is 1. The van der Waals surface area contributed by atoms with E-state index < -0.39 is 11.7 Å². The Kier molecular flexibility index (Phi) is 4.33. The number of phenols is 1. The van der Waals surface area contributed by atoms with E-state index in [0.29, 0.717) is 21.8 Å². The van der Waals surface area contributed by atoms with Gasteiger partial charge in [0.15, 0.2) is 0 Å². The lowest BCUT2D eigenvalue weighted by Gasteiger charge is -2.13. The molecule has 2 rings (SSSR count). The number of aromatic hydroxyl groups is 1. The summed E-state index contributed by atoms with van der Waals surface area (Å²) in [5, 5.41) is 13.1. The Morgan fingerprint density at radius 1 is 1.43 bits per heavy atom. The van der Waals surface area contributed by atoms with Crippen molar-refractivity contribution in [2.45, 2.75) is 13.5 Å². The number of carbonyl (C=O) groups excluding carboxylic acids is 1. The molecule has 0 saturated carbocycles. The van der Waals surface area contributed by atoms with Gasteiger partial charge in [-0.25, -0.2) is 4.39 Å². The summed E-state index contributed by atoms with van der Waals surface area (Å²) in [5.41, 5.74) is 6.50. The van der Waals surface area contributed by atoms with Crippen LogP contribution in [0.15, 0.2) is 30.3 Å². The fraction of sp³-hybridized carbons (Fsp3) is 0.133. The van der Waals surface area contributed by atoms with Gasteiger partial charge in [0.1, 0.15) is 11.6 Å². The average molecular weight is 309 g/mol. The molecule has 0 aliphatic heterocycles. The van der Waals surface area contributed by atoms with Gasteiger partial charge in [0, 0.05) is 33.9 Å². The van der Waals surface area contributed by atoms with Crippen LogP contribution >= 0.6 is 11.6 Å². The average Bonchev–Trinajstić information content (AvgIpc) is 2.42. The quantitative estimate of drug-likeness (QED) is 0.812. The molecule has 110 valence electrons. The van der Waals surface area contributed by atoms with Gasteiger partial charge in [0.25, 0.3) is 0 Å². The molecule has 0 atom stereocenters. The number of hydrogen-bond acceptors (Lipinski definition) is 3. The van der Waals surface area contributed by atoms with Crippen LogP contribution in [-0.2, 0) is 6.54 Å². The fourth-order valence-corrected chi connectivity index (χ4v) is 2.15. The van der Waals surface area contributed by atoms with Crippen molar-refractivity contribution in [2.24, 2.45) is 5.73 Å². The van der Waals surface area contributed by atoms with Crippen LogP contribution in [-0.4, -0.2) is 11.0 Å². The summed E-state index contributed by atoms with van der Waals surface area (Å²) in [4.78, 5) is 11.2. The molecule has 2 aromatic rings. The molecule has 0 aliphatic carbocycles. The Balaban J connectivity index is 2.30. The molecule has 0 bridgehead atoms. The van der Waals surface area contributed by atoms with Crippen LogP contribution in [0, 0.1) is 12.7 Å². The second-order valence-corrected chi connectivity index (χ2v) is 4.99. The van der Waals surface area contributed by atoms with E-state index in [9.17, 15) is 14.3 Å². The van der Waals surface area contributed by atoms with Gasteiger partial charge in [-0.1, -0.05) is 17.7 Å². The maximum Gasteiger partial charge on any atom is 0.248 e. The Labute approximate surface area is 126 Å². The first-order chi connectivity index (χ1) is 9.90. The summed E-state index contributed by atoms with van der Waals surface area (Å²) < 4.78 is 13.8. The van der Waals surface area contributed by atoms with Gasteiger partial charge in [-0.3, -0.25) is 4.79 Å². The van der Waals surface area contributed by atoms with Crippen LogP contribution in [0.25, 0.3) is 0 Å². The van der Waals surface area contributed by atoms with Crippen molar-refractivity contribution in [3.8, 4) is 5.75 Å². The number of halogens is 2. The second kappa shape index (κ2) is 6.01. The molecule has 0 unspecified atom stereocenters. The zero-order valence-corrected chi connectivity index (χ0v) is 12.0. The van der Waals surface area contributed by atoms with Gasteiger partial charge in [0.2, 0.25) is 5.91 Å². The van der Waals surface area contributed by atoms with Crippen LogP contribution in [0.4, 0.5) is 10.1 Å². The van der Waals surface area contributed by atoms with Crippen LogP contribution in [0.5, 0.6) is 5.75 Å². The lowest BCUT2D eigenvalue weighted by Crippen LogP contribution is -2.13. The molecule has 0 heterocycles. The molecule has 4 N–H and O–H groups in total. The highest BCUT2D eigenvalue weighted by molar-refractivity contribution is 6.31. The van der Waals surface area contributed by atoms with E-state index in [1.165, 1.54) is 12.1 Å². The minimum atomic E-state index is -0.711.